The second-order valence-electron chi connectivity index (χ2n) is 3.96. The molecule has 0 bridgehead atoms. The van der Waals surface area contributed by atoms with Gasteiger partial charge >= 0.3 is 0 Å². The Morgan fingerprint density at radius 1 is 1.53 bits per heavy atom. The van der Waals surface area contributed by atoms with Gasteiger partial charge in [-0.1, -0.05) is 6.58 Å². The van der Waals surface area contributed by atoms with Crippen LogP contribution >= 0.6 is 0 Å². The Hall–Kier alpha value is -1.51. The second-order valence-corrected chi connectivity index (χ2v) is 3.96. The van der Waals surface area contributed by atoms with Crippen molar-refractivity contribution in [3.8, 4) is 0 Å². The summed E-state index contributed by atoms with van der Waals surface area (Å²) >= 11 is 0. The number of aryl methyl sites for hydroxylation is 1. The molecule has 1 atom stereocenters. The first kappa shape index (κ1) is 10.0. The van der Waals surface area contributed by atoms with Crippen molar-refractivity contribution in [2.24, 2.45) is 0 Å². The summed E-state index contributed by atoms with van der Waals surface area (Å²) < 4.78 is 2.28. The van der Waals surface area contributed by atoms with Crippen molar-refractivity contribution in [3.05, 3.63) is 36.2 Å². The van der Waals surface area contributed by atoms with E-state index in [0.717, 1.165) is 13.1 Å². The van der Waals surface area contributed by atoms with Gasteiger partial charge in [-0.05, 0) is 32.1 Å². The number of amides is 1. The van der Waals surface area contributed by atoms with Crippen LogP contribution < -0.4 is 0 Å². The number of nitrogens with zero attached hydrogens (tertiary/aromatic N) is 2. The maximum absolute atomic E-state index is 11.6. The molecule has 15 heavy (non-hydrogen) atoms. The topological polar surface area (TPSA) is 25.2 Å². The minimum atomic E-state index is 0.0209. The van der Waals surface area contributed by atoms with E-state index in [1.54, 1.807) is 0 Å². The van der Waals surface area contributed by atoms with Crippen LogP contribution in [-0.2, 0) is 11.3 Å². The van der Waals surface area contributed by atoms with Crippen molar-refractivity contribution >= 4 is 5.91 Å². The molecule has 0 aliphatic carbocycles. The molecule has 0 saturated carbocycles. The molecule has 0 spiro atoms. The van der Waals surface area contributed by atoms with E-state index in [2.05, 4.69) is 37.1 Å². The fourth-order valence-corrected chi connectivity index (χ4v) is 2.24. The number of carbonyl (C=O) groups is 1. The Labute approximate surface area is 90.0 Å². The first-order valence-electron chi connectivity index (χ1n) is 5.24. The minimum Gasteiger partial charge on any atom is -0.345 e. The van der Waals surface area contributed by atoms with Crippen molar-refractivity contribution in [2.75, 3.05) is 6.54 Å². The Morgan fingerprint density at radius 2 is 2.27 bits per heavy atom. The van der Waals surface area contributed by atoms with Gasteiger partial charge in [-0.3, -0.25) is 4.79 Å². The first-order valence-corrected chi connectivity index (χ1v) is 5.24. The Balaban J connectivity index is 2.33. The van der Waals surface area contributed by atoms with Crippen LogP contribution in [0.4, 0.5) is 0 Å². The highest BCUT2D eigenvalue weighted by Gasteiger charge is 2.26. The second kappa shape index (κ2) is 3.57. The summed E-state index contributed by atoms with van der Waals surface area (Å²) in [7, 11) is 0. The van der Waals surface area contributed by atoms with Crippen molar-refractivity contribution in [3.63, 3.8) is 0 Å². The molecular weight excluding hydrogens is 188 g/mol. The van der Waals surface area contributed by atoms with Crippen LogP contribution in [-0.4, -0.2) is 21.9 Å². The van der Waals surface area contributed by atoms with E-state index in [0.29, 0.717) is 0 Å². The quantitative estimate of drug-likeness (QED) is 0.641. The lowest BCUT2D eigenvalue weighted by Gasteiger charge is -2.34. The van der Waals surface area contributed by atoms with Crippen LogP contribution in [0.1, 0.15) is 24.4 Å². The van der Waals surface area contributed by atoms with Crippen LogP contribution in [0, 0.1) is 6.92 Å². The highest BCUT2D eigenvalue weighted by molar-refractivity contribution is 5.87. The summed E-state index contributed by atoms with van der Waals surface area (Å²) in [6.07, 6.45) is 1.39. The Kier molecular flexibility index (Phi) is 2.39. The predicted molar refractivity (Wildman–Crippen MR) is 59.5 cm³/mol. The van der Waals surface area contributed by atoms with Gasteiger partial charge in [0.1, 0.15) is 0 Å². The average Bonchev–Trinajstić information content (AvgIpc) is 2.61. The molecule has 1 aliphatic rings. The zero-order valence-corrected chi connectivity index (χ0v) is 9.23. The van der Waals surface area contributed by atoms with E-state index < -0.39 is 0 Å². The predicted octanol–water partition coefficient (Wildman–Crippen LogP) is 1.89. The van der Waals surface area contributed by atoms with E-state index in [1.165, 1.54) is 17.5 Å². The van der Waals surface area contributed by atoms with Gasteiger partial charge in [0.2, 0.25) is 5.91 Å². The van der Waals surface area contributed by atoms with Crippen LogP contribution in [0.5, 0.6) is 0 Å². The van der Waals surface area contributed by atoms with Gasteiger partial charge in [0, 0.05) is 24.5 Å². The molecule has 3 nitrogen and oxygen atoms in total. The fraction of sp³-hybridized carbons (Fsp3) is 0.417. The van der Waals surface area contributed by atoms with Crippen LogP contribution in [0.3, 0.4) is 0 Å². The monoisotopic (exact) mass is 204 g/mol. The third kappa shape index (κ3) is 1.48. The van der Waals surface area contributed by atoms with Crippen molar-refractivity contribution in [1.82, 2.24) is 9.47 Å². The Bertz CT molecular complexity index is 406. The lowest BCUT2D eigenvalue weighted by atomic mass is 10.1. The maximum Gasteiger partial charge on any atom is 0.246 e. The molecule has 2 rings (SSSR count). The molecule has 80 valence electrons. The van der Waals surface area contributed by atoms with E-state index in [9.17, 15) is 4.79 Å². The molecular formula is C12H16N2O. The van der Waals surface area contributed by atoms with Crippen molar-refractivity contribution in [1.29, 1.82) is 0 Å². The largest absolute Gasteiger partial charge is 0.345 e. The lowest BCUT2D eigenvalue weighted by Crippen LogP contribution is -2.40. The maximum atomic E-state index is 11.6. The summed E-state index contributed by atoms with van der Waals surface area (Å²) in [6, 6.07) is 4.36. The summed E-state index contributed by atoms with van der Waals surface area (Å²) in [6.45, 7) is 9.35. The van der Waals surface area contributed by atoms with Crippen LogP contribution in [0.2, 0.25) is 0 Å². The van der Waals surface area contributed by atoms with E-state index in [-0.39, 0.29) is 11.9 Å². The van der Waals surface area contributed by atoms with Gasteiger partial charge in [-0.2, -0.15) is 0 Å². The van der Waals surface area contributed by atoms with Gasteiger partial charge in [-0.25, -0.2) is 0 Å². The number of hydrogen-bond acceptors (Lipinski definition) is 1. The first-order chi connectivity index (χ1) is 7.15. The molecule has 1 aromatic heterocycles. The molecule has 0 saturated heterocycles. The normalized spacial score (nSPS) is 19.9. The van der Waals surface area contributed by atoms with E-state index in [1.807, 2.05) is 4.90 Å². The fourth-order valence-electron chi connectivity index (χ4n) is 2.24. The number of carbonyl (C=O) groups excluding carboxylic acids is 1. The minimum absolute atomic E-state index is 0.0209. The Morgan fingerprint density at radius 3 is 2.93 bits per heavy atom. The molecule has 3 heteroatoms. The third-order valence-electron chi connectivity index (χ3n) is 3.15. The summed E-state index contributed by atoms with van der Waals surface area (Å²) in [4.78, 5) is 13.5. The van der Waals surface area contributed by atoms with Crippen molar-refractivity contribution in [2.45, 2.75) is 26.4 Å². The van der Waals surface area contributed by atoms with Gasteiger partial charge in [-0.15, -0.1) is 0 Å². The lowest BCUT2D eigenvalue weighted by molar-refractivity contribution is -0.129. The summed E-state index contributed by atoms with van der Waals surface area (Å²) in [5, 5.41) is 0. The smallest absolute Gasteiger partial charge is 0.246 e. The molecule has 2 heterocycles. The van der Waals surface area contributed by atoms with Gasteiger partial charge < -0.3 is 9.47 Å². The van der Waals surface area contributed by atoms with Gasteiger partial charge in [0.05, 0.1) is 6.04 Å². The molecule has 1 aliphatic heterocycles. The number of fused-ring (bicyclic) bond motifs is 1. The molecule has 0 radical (unpaired) electrons. The molecule has 1 amide bonds. The SMILES string of the molecule is C=CC(=O)N1CCn2c(C)ccc2C1C. The zero-order chi connectivity index (χ0) is 11.0. The van der Waals surface area contributed by atoms with E-state index in [4.69, 9.17) is 0 Å². The average molecular weight is 204 g/mol. The van der Waals surface area contributed by atoms with Crippen LogP contribution in [0.25, 0.3) is 0 Å². The third-order valence-corrected chi connectivity index (χ3v) is 3.15. The number of rotatable bonds is 1. The molecule has 0 fully saturated rings. The molecule has 1 unspecified atom stereocenters. The highest BCUT2D eigenvalue weighted by atomic mass is 16.2. The highest BCUT2D eigenvalue weighted by Crippen LogP contribution is 2.27. The van der Waals surface area contributed by atoms with Gasteiger partial charge in [0.25, 0.3) is 0 Å². The number of hydrogen-bond donors (Lipinski definition) is 0. The van der Waals surface area contributed by atoms with Crippen molar-refractivity contribution < 1.29 is 4.79 Å². The van der Waals surface area contributed by atoms with Crippen LogP contribution in [0.15, 0.2) is 24.8 Å². The molecule has 0 N–H and O–H groups in total. The number of aromatic nitrogens is 1. The van der Waals surface area contributed by atoms with E-state index >= 15 is 0 Å². The molecule has 1 aromatic rings. The summed E-state index contributed by atoms with van der Waals surface area (Å²) in [5.41, 5.74) is 2.48. The molecule has 0 aromatic carbocycles. The zero-order valence-electron chi connectivity index (χ0n) is 9.23. The standard InChI is InChI=1S/C12H16N2O/c1-4-12(15)14-8-7-13-9(2)5-6-11(13)10(14)3/h4-6,10H,1,7-8H2,2-3H3. The summed E-state index contributed by atoms with van der Waals surface area (Å²) in [5.74, 6) is 0.0209. The van der Waals surface area contributed by atoms with Gasteiger partial charge in [0.15, 0.2) is 0 Å².